The molecule has 6 nitrogen and oxygen atoms in total. The number of carbonyl (C=O) groups is 3. The Balaban J connectivity index is 4.38. The van der Waals surface area contributed by atoms with Gasteiger partial charge in [-0.3, -0.25) is 19.3 Å². The highest BCUT2D eigenvalue weighted by Crippen LogP contribution is 2.18. The van der Waals surface area contributed by atoms with Crippen molar-refractivity contribution >= 4 is 18.2 Å². The van der Waals surface area contributed by atoms with Crippen LogP contribution in [0.15, 0.2) is 0 Å². The summed E-state index contributed by atoms with van der Waals surface area (Å²) in [5.74, 6) is -0.629. The minimum Gasteiger partial charge on any atom is -0.375 e. The summed E-state index contributed by atoms with van der Waals surface area (Å²) in [6.45, 7) is 14.5. The topological polar surface area (TPSA) is 75.7 Å². The van der Waals surface area contributed by atoms with E-state index in [0.717, 1.165) is 17.7 Å². The number of amides is 3. The van der Waals surface area contributed by atoms with Crippen molar-refractivity contribution in [3.05, 3.63) is 0 Å². The second-order valence-electron chi connectivity index (χ2n) is 8.24. The first-order chi connectivity index (χ1) is 12.0. The first-order valence-electron chi connectivity index (χ1n) is 9.68. The van der Waals surface area contributed by atoms with Crippen LogP contribution in [0.1, 0.15) is 80.6 Å². The molecule has 0 aliphatic rings. The molecule has 0 heterocycles. The molecule has 0 rings (SSSR count). The average molecular weight is 371 g/mol. The van der Waals surface area contributed by atoms with Gasteiger partial charge in [-0.25, -0.2) is 0 Å². The minimum atomic E-state index is -0.411. The van der Waals surface area contributed by atoms with Crippen LogP contribution < -0.4 is 5.32 Å². The number of hydrogen-bond donors (Lipinski definition) is 1. The van der Waals surface area contributed by atoms with Crippen molar-refractivity contribution in [2.45, 2.75) is 91.7 Å². The number of carbonyl (C=O) groups excluding carboxylic acids is 3. The zero-order valence-electron chi connectivity index (χ0n) is 17.7. The highest BCUT2D eigenvalue weighted by molar-refractivity contribution is 5.88. The number of nitrogens with one attached hydrogen (secondary N) is 1. The number of ether oxygens (including phenoxy) is 1. The van der Waals surface area contributed by atoms with Crippen molar-refractivity contribution in [2.75, 3.05) is 13.2 Å². The van der Waals surface area contributed by atoms with Crippen LogP contribution >= 0.6 is 0 Å². The normalized spacial score (nSPS) is 13.2. The molecule has 0 bridgehead atoms. The summed E-state index contributed by atoms with van der Waals surface area (Å²) in [5.41, 5.74) is -0.568. The van der Waals surface area contributed by atoms with E-state index < -0.39 is 5.54 Å². The van der Waals surface area contributed by atoms with E-state index in [4.69, 9.17) is 4.74 Å². The zero-order chi connectivity index (χ0) is 20.4. The maximum absolute atomic E-state index is 12.2. The van der Waals surface area contributed by atoms with E-state index in [-0.39, 0.29) is 36.3 Å². The van der Waals surface area contributed by atoms with E-state index >= 15 is 0 Å². The Kier molecular flexibility index (Phi) is 10.7. The van der Waals surface area contributed by atoms with Gasteiger partial charge in [-0.15, -0.1) is 0 Å². The molecule has 3 amide bonds. The smallest absolute Gasteiger partial charge is 0.231 e. The van der Waals surface area contributed by atoms with Crippen LogP contribution in [0, 0.1) is 5.92 Å². The van der Waals surface area contributed by atoms with Crippen LogP contribution in [-0.2, 0) is 19.1 Å². The van der Waals surface area contributed by atoms with E-state index in [1.807, 2.05) is 20.8 Å². The summed E-state index contributed by atoms with van der Waals surface area (Å²) >= 11 is 0. The summed E-state index contributed by atoms with van der Waals surface area (Å²) in [6.07, 6.45) is 4.02. The molecule has 1 N–H and O–H groups in total. The molecule has 0 fully saturated rings. The summed E-state index contributed by atoms with van der Waals surface area (Å²) in [4.78, 5) is 36.4. The van der Waals surface area contributed by atoms with Gasteiger partial charge in [0.1, 0.15) is 0 Å². The summed E-state index contributed by atoms with van der Waals surface area (Å²) in [7, 11) is 0. The lowest BCUT2D eigenvalue weighted by Crippen LogP contribution is -2.46. The Bertz CT molecular complexity index is 461. The summed E-state index contributed by atoms with van der Waals surface area (Å²) < 4.78 is 5.92. The van der Waals surface area contributed by atoms with Gasteiger partial charge in [0.05, 0.1) is 5.60 Å². The third-order valence-electron chi connectivity index (χ3n) is 4.57. The van der Waals surface area contributed by atoms with Crippen molar-refractivity contribution in [1.29, 1.82) is 0 Å². The molecule has 1 unspecified atom stereocenters. The summed E-state index contributed by atoms with van der Waals surface area (Å²) in [6, 6.07) is 0. The predicted molar refractivity (Wildman–Crippen MR) is 104 cm³/mol. The third-order valence-corrected chi connectivity index (χ3v) is 4.57. The fourth-order valence-corrected chi connectivity index (χ4v) is 2.65. The number of hydrogen-bond acceptors (Lipinski definition) is 4. The largest absolute Gasteiger partial charge is 0.375 e. The molecule has 0 saturated heterocycles. The molecule has 0 aliphatic carbocycles. The van der Waals surface area contributed by atoms with Crippen molar-refractivity contribution < 1.29 is 19.1 Å². The predicted octanol–water partition coefficient (Wildman–Crippen LogP) is 3.29. The van der Waals surface area contributed by atoms with Crippen molar-refractivity contribution in [2.24, 2.45) is 5.92 Å². The molecule has 152 valence electrons. The number of rotatable bonds is 13. The molecular weight excluding hydrogens is 332 g/mol. The Morgan fingerprint density at radius 2 is 1.77 bits per heavy atom. The Labute approximate surface area is 159 Å². The van der Waals surface area contributed by atoms with Crippen LogP contribution in [0.4, 0.5) is 0 Å². The molecule has 0 spiro atoms. The molecule has 26 heavy (non-hydrogen) atoms. The first-order valence-corrected chi connectivity index (χ1v) is 9.68. The van der Waals surface area contributed by atoms with Gasteiger partial charge in [0.25, 0.3) is 0 Å². The maximum Gasteiger partial charge on any atom is 0.231 e. The van der Waals surface area contributed by atoms with Crippen LogP contribution in [0.5, 0.6) is 0 Å². The monoisotopic (exact) mass is 370 g/mol. The maximum atomic E-state index is 12.2. The van der Waals surface area contributed by atoms with Crippen molar-refractivity contribution in [3.63, 3.8) is 0 Å². The second kappa shape index (κ2) is 11.3. The van der Waals surface area contributed by atoms with Crippen LogP contribution in [-0.4, -0.2) is 47.4 Å². The Hall–Kier alpha value is -1.43. The Morgan fingerprint density at radius 1 is 1.15 bits per heavy atom. The van der Waals surface area contributed by atoms with E-state index in [9.17, 15) is 14.4 Å². The molecule has 0 aliphatic heterocycles. The third kappa shape index (κ3) is 9.90. The van der Waals surface area contributed by atoms with Gasteiger partial charge in [-0.1, -0.05) is 27.2 Å². The minimum absolute atomic E-state index is 0.104. The SMILES string of the molecule is CCCC(C)(C)OCCC(C)(C)NC(=O)CCN(C=O)C(=O)C(C)CC. The van der Waals surface area contributed by atoms with Gasteiger partial charge < -0.3 is 10.1 Å². The van der Waals surface area contributed by atoms with Crippen molar-refractivity contribution in [3.8, 4) is 0 Å². The van der Waals surface area contributed by atoms with E-state index in [1.54, 1.807) is 6.92 Å². The standard InChI is InChI=1S/C20H38N2O4/c1-8-11-20(6,7)26-14-12-19(4,5)21-17(24)10-13-22(15-23)18(25)16(3)9-2/h15-16H,8-14H2,1-7H3,(H,21,24). The quantitative estimate of drug-likeness (QED) is 0.505. The average Bonchev–Trinajstić information content (AvgIpc) is 2.53. The number of imide groups is 1. The Morgan fingerprint density at radius 3 is 2.27 bits per heavy atom. The van der Waals surface area contributed by atoms with Gasteiger partial charge in [0.15, 0.2) is 0 Å². The molecule has 1 atom stereocenters. The van der Waals surface area contributed by atoms with Crippen molar-refractivity contribution in [1.82, 2.24) is 10.2 Å². The van der Waals surface area contributed by atoms with Crippen LogP contribution in [0.25, 0.3) is 0 Å². The lowest BCUT2D eigenvalue weighted by molar-refractivity contribution is -0.141. The second-order valence-corrected chi connectivity index (χ2v) is 8.24. The van der Waals surface area contributed by atoms with Gasteiger partial charge in [0.2, 0.25) is 18.2 Å². The fraction of sp³-hybridized carbons (Fsp3) is 0.850. The van der Waals surface area contributed by atoms with E-state index in [0.29, 0.717) is 25.9 Å². The molecule has 0 aromatic carbocycles. The first kappa shape index (κ1) is 24.6. The van der Waals surface area contributed by atoms with Crippen LogP contribution in [0.3, 0.4) is 0 Å². The molecular formula is C20H38N2O4. The molecule has 0 saturated carbocycles. The molecule has 0 aromatic rings. The highest BCUT2D eigenvalue weighted by atomic mass is 16.5. The molecule has 6 heteroatoms. The number of nitrogens with zero attached hydrogens (tertiary/aromatic N) is 1. The molecule has 0 radical (unpaired) electrons. The van der Waals surface area contributed by atoms with Gasteiger partial charge >= 0.3 is 0 Å². The van der Waals surface area contributed by atoms with Gasteiger partial charge in [0, 0.05) is 31.0 Å². The van der Waals surface area contributed by atoms with Crippen LogP contribution in [0.2, 0.25) is 0 Å². The summed E-state index contributed by atoms with van der Waals surface area (Å²) in [5, 5.41) is 2.96. The van der Waals surface area contributed by atoms with Gasteiger partial charge in [-0.2, -0.15) is 0 Å². The lowest BCUT2D eigenvalue weighted by atomic mass is 9.99. The fourth-order valence-electron chi connectivity index (χ4n) is 2.65. The van der Waals surface area contributed by atoms with E-state index in [2.05, 4.69) is 26.1 Å². The zero-order valence-corrected chi connectivity index (χ0v) is 17.7. The van der Waals surface area contributed by atoms with Gasteiger partial charge in [-0.05, 0) is 47.0 Å². The lowest BCUT2D eigenvalue weighted by Gasteiger charge is -2.30. The van der Waals surface area contributed by atoms with E-state index in [1.165, 1.54) is 0 Å². The highest BCUT2D eigenvalue weighted by Gasteiger charge is 2.24. The molecule has 0 aromatic heterocycles.